The van der Waals surface area contributed by atoms with Gasteiger partial charge in [-0.25, -0.2) is 8.42 Å². The van der Waals surface area contributed by atoms with Crippen molar-refractivity contribution < 1.29 is 8.42 Å². The highest BCUT2D eigenvalue weighted by molar-refractivity contribution is 7.92. The van der Waals surface area contributed by atoms with Gasteiger partial charge in [-0.3, -0.25) is 9.82 Å². The predicted molar refractivity (Wildman–Crippen MR) is 70.2 cm³/mol. The zero-order valence-electron chi connectivity index (χ0n) is 10.1. The predicted octanol–water partition coefficient (Wildman–Crippen LogP) is 1.28. The largest absolute Gasteiger partial charge is 0.378 e. The second-order valence-corrected chi connectivity index (χ2v) is 5.67. The lowest BCUT2D eigenvalue weighted by Gasteiger charge is -2.14. The molecule has 96 valence electrons. The molecule has 7 heteroatoms. The van der Waals surface area contributed by atoms with Crippen molar-refractivity contribution in [3.05, 3.63) is 36.7 Å². The Morgan fingerprint density at radius 1 is 1.33 bits per heavy atom. The van der Waals surface area contributed by atoms with Crippen molar-refractivity contribution in [2.45, 2.75) is 4.90 Å². The SMILES string of the molecule is CN(C)c1cccc(NS(=O)(=O)c2cn[nH]c2)c1. The molecule has 0 bridgehead atoms. The summed E-state index contributed by atoms with van der Waals surface area (Å²) >= 11 is 0. The number of H-pyrrole nitrogens is 1. The van der Waals surface area contributed by atoms with E-state index < -0.39 is 10.0 Å². The summed E-state index contributed by atoms with van der Waals surface area (Å²) in [6, 6.07) is 7.15. The van der Waals surface area contributed by atoms with E-state index in [1.807, 2.05) is 25.1 Å². The quantitative estimate of drug-likeness (QED) is 0.873. The average molecular weight is 266 g/mol. The van der Waals surface area contributed by atoms with Crippen LogP contribution in [0, 0.1) is 0 Å². The van der Waals surface area contributed by atoms with Crippen LogP contribution in [0.15, 0.2) is 41.6 Å². The summed E-state index contributed by atoms with van der Waals surface area (Å²) in [5.74, 6) is 0. The highest BCUT2D eigenvalue weighted by Gasteiger charge is 2.15. The molecule has 0 saturated carbocycles. The van der Waals surface area contributed by atoms with Crippen LogP contribution in [0.3, 0.4) is 0 Å². The van der Waals surface area contributed by atoms with Crippen LogP contribution < -0.4 is 9.62 Å². The van der Waals surface area contributed by atoms with E-state index in [9.17, 15) is 8.42 Å². The minimum atomic E-state index is -3.57. The zero-order chi connectivity index (χ0) is 13.2. The number of anilines is 2. The first-order chi connectivity index (χ1) is 8.49. The topological polar surface area (TPSA) is 78.1 Å². The van der Waals surface area contributed by atoms with Crippen molar-refractivity contribution in [3.63, 3.8) is 0 Å². The van der Waals surface area contributed by atoms with Crippen molar-refractivity contribution >= 4 is 21.4 Å². The Balaban J connectivity index is 2.27. The molecule has 0 unspecified atom stereocenters. The Labute approximate surface area is 106 Å². The number of nitrogens with one attached hydrogen (secondary N) is 2. The molecule has 1 aromatic carbocycles. The number of hydrogen-bond acceptors (Lipinski definition) is 4. The van der Waals surface area contributed by atoms with Crippen LogP contribution in [0.4, 0.5) is 11.4 Å². The number of sulfonamides is 1. The molecule has 2 rings (SSSR count). The van der Waals surface area contributed by atoms with Gasteiger partial charge in [0.15, 0.2) is 0 Å². The molecule has 0 spiro atoms. The molecule has 0 radical (unpaired) electrons. The Hall–Kier alpha value is -2.02. The highest BCUT2D eigenvalue weighted by Crippen LogP contribution is 2.20. The van der Waals surface area contributed by atoms with Gasteiger partial charge in [0.25, 0.3) is 10.0 Å². The number of nitrogens with zero attached hydrogens (tertiary/aromatic N) is 2. The number of hydrogen-bond donors (Lipinski definition) is 2. The summed E-state index contributed by atoms with van der Waals surface area (Å²) in [6.45, 7) is 0. The normalized spacial score (nSPS) is 11.2. The van der Waals surface area contributed by atoms with Gasteiger partial charge in [-0.15, -0.1) is 0 Å². The van der Waals surface area contributed by atoms with E-state index in [0.29, 0.717) is 5.69 Å². The van der Waals surface area contributed by atoms with E-state index in [2.05, 4.69) is 14.9 Å². The molecule has 18 heavy (non-hydrogen) atoms. The molecule has 6 nitrogen and oxygen atoms in total. The summed E-state index contributed by atoms with van der Waals surface area (Å²) in [4.78, 5) is 2.01. The second kappa shape index (κ2) is 4.69. The number of benzene rings is 1. The Morgan fingerprint density at radius 2 is 2.11 bits per heavy atom. The molecular formula is C11H14N4O2S. The summed E-state index contributed by atoms with van der Waals surface area (Å²) in [7, 11) is 0.210. The molecule has 0 aliphatic carbocycles. The van der Waals surface area contributed by atoms with Crippen molar-refractivity contribution in [2.75, 3.05) is 23.7 Å². The average Bonchev–Trinajstić information content (AvgIpc) is 2.82. The minimum absolute atomic E-state index is 0.109. The Kier molecular flexibility index (Phi) is 3.24. The first-order valence-electron chi connectivity index (χ1n) is 5.28. The van der Waals surface area contributed by atoms with Crippen LogP contribution in [0.1, 0.15) is 0 Å². The fourth-order valence-electron chi connectivity index (χ4n) is 1.45. The van der Waals surface area contributed by atoms with Crippen LogP contribution in [0.2, 0.25) is 0 Å². The van der Waals surface area contributed by atoms with Gasteiger partial charge in [0.05, 0.1) is 11.9 Å². The fraction of sp³-hybridized carbons (Fsp3) is 0.182. The Bertz CT molecular complexity index is 620. The molecule has 0 atom stereocenters. The molecule has 1 aromatic heterocycles. The lowest BCUT2D eigenvalue weighted by atomic mass is 10.3. The van der Waals surface area contributed by atoms with Crippen LogP contribution in [0.5, 0.6) is 0 Å². The van der Waals surface area contributed by atoms with E-state index in [0.717, 1.165) is 5.69 Å². The van der Waals surface area contributed by atoms with E-state index in [1.54, 1.807) is 18.2 Å². The summed E-state index contributed by atoms with van der Waals surface area (Å²) < 4.78 is 26.4. The summed E-state index contributed by atoms with van der Waals surface area (Å²) in [5, 5.41) is 6.10. The first-order valence-corrected chi connectivity index (χ1v) is 6.76. The zero-order valence-corrected chi connectivity index (χ0v) is 10.9. The van der Waals surface area contributed by atoms with Crippen molar-refractivity contribution in [1.29, 1.82) is 0 Å². The van der Waals surface area contributed by atoms with Crippen LogP contribution >= 0.6 is 0 Å². The molecule has 0 aliphatic rings. The maximum Gasteiger partial charge on any atom is 0.265 e. The van der Waals surface area contributed by atoms with Gasteiger partial charge in [-0.2, -0.15) is 5.10 Å². The third-order valence-corrected chi connectivity index (χ3v) is 3.75. The standard InChI is InChI=1S/C11H14N4O2S/c1-15(2)10-5-3-4-9(6-10)14-18(16,17)11-7-12-13-8-11/h3-8,14H,1-2H3,(H,12,13). The van der Waals surface area contributed by atoms with Gasteiger partial charge in [-0.1, -0.05) is 6.07 Å². The first kappa shape index (κ1) is 12.4. The van der Waals surface area contributed by atoms with Gasteiger partial charge < -0.3 is 4.90 Å². The summed E-state index contributed by atoms with van der Waals surface area (Å²) in [6.07, 6.45) is 2.59. The van der Waals surface area contributed by atoms with E-state index in [1.165, 1.54) is 12.4 Å². The third-order valence-electron chi connectivity index (χ3n) is 2.40. The monoisotopic (exact) mass is 266 g/mol. The van der Waals surface area contributed by atoms with Crippen LogP contribution in [-0.2, 0) is 10.0 Å². The maximum absolute atomic E-state index is 12.0. The molecule has 1 heterocycles. The number of rotatable bonds is 4. The van der Waals surface area contributed by atoms with Gasteiger partial charge in [0.2, 0.25) is 0 Å². The smallest absolute Gasteiger partial charge is 0.265 e. The van der Waals surface area contributed by atoms with E-state index in [-0.39, 0.29) is 4.90 Å². The van der Waals surface area contributed by atoms with Gasteiger partial charge >= 0.3 is 0 Å². The number of aromatic amines is 1. The molecule has 0 amide bonds. The minimum Gasteiger partial charge on any atom is -0.378 e. The molecule has 2 N–H and O–H groups in total. The lowest BCUT2D eigenvalue weighted by molar-refractivity contribution is 0.601. The molecule has 2 aromatic rings. The van der Waals surface area contributed by atoms with Crippen LogP contribution in [0.25, 0.3) is 0 Å². The molecule has 0 fully saturated rings. The molecule has 0 aliphatic heterocycles. The van der Waals surface area contributed by atoms with Crippen molar-refractivity contribution in [1.82, 2.24) is 10.2 Å². The van der Waals surface area contributed by atoms with Gasteiger partial charge in [0.1, 0.15) is 4.90 Å². The Morgan fingerprint density at radius 3 is 2.72 bits per heavy atom. The molecule has 0 saturated heterocycles. The van der Waals surface area contributed by atoms with Crippen LogP contribution in [-0.4, -0.2) is 32.7 Å². The lowest BCUT2D eigenvalue weighted by Crippen LogP contribution is -2.13. The fourth-order valence-corrected chi connectivity index (χ4v) is 2.40. The molecular weight excluding hydrogens is 252 g/mol. The van der Waals surface area contributed by atoms with E-state index in [4.69, 9.17) is 0 Å². The summed E-state index contributed by atoms with van der Waals surface area (Å²) in [5.41, 5.74) is 1.43. The van der Waals surface area contributed by atoms with Gasteiger partial charge in [-0.05, 0) is 18.2 Å². The van der Waals surface area contributed by atoms with Crippen molar-refractivity contribution in [2.24, 2.45) is 0 Å². The van der Waals surface area contributed by atoms with Crippen molar-refractivity contribution in [3.8, 4) is 0 Å². The highest BCUT2D eigenvalue weighted by atomic mass is 32.2. The third kappa shape index (κ3) is 2.62. The number of aromatic nitrogens is 2. The maximum atomic E-state index is 12.0. The van der Waals surface area contributed by atoms with Gasteiger partial charge in [0, 0.05) is 26.0 Å². The van der Waals surface area contributed by atoms with E-state index >= 15 is 0 Å². The second-order valence-electron chi connectivity index (χ2n) is 3.98.